The fraction of sp³-hybridized carbons (Fsp3) is 0.417. The van der Waals surface area contributed by atoms with E-state index in [2.05, 4.69) is 20.9 Å². The third-order valence-electron chi connectivity index (χ3n) is 2.24. The van der Waals surface area contributed by atoms with E-state index in [0.717, 1.165) is 10.9 Å². The Bertz CT molecular complexity index is 307. The Morgan fingerprint density at radius 2 is 2.07 bits per heavy atom. The molecule has 1 aromatic carbocycles. The van der Waals surface area contributed by atoms with E-state index in [0.29, 0.717) is 6.54 Å². The molecule has 0 heterocycles. The van der Waals surface area contributed by atoms with Crippen LogP contribution < -0.4 is 0 Å². The second kappa shape index (κ2) is 6.03. The van der Waals surface area contributed by atoms with Crippen molar-refractivity contribution in [3.05, 3.63) is 35.9 Å². The van der Waals surface area contributed by atoms with Gasteiger partial charge in [0.2, 0.25) is 0 Å². The van der Waals surface area contributed by atoms with Crippen LogP contribution in [-0.2, 0) is 4.74 Å². The predicted molar refractivity (Wildman–Crippen MR) is 68.1 cm³/mol. The topological polar surface area (TPSA) is 21.6 Å². The number of rotatable bonds is 5. The number of halogens is 1. The quantitative estimate of drug-likeness (QED) is 0.595. The lowest BCUT2D eigenvalue weighted by molar-refractivity contribution is 0.0366. The normalized spacial score (nSPS) is 15.4. The molecule has 0 spiro atoms. The van der Waals surface area contributed by atoms with E-state index in [1.165, 1.54) is 0 Å². The minimum atomic E-state index is -0.217. The molecule has 82 valence electrons. The highest BCUT2D eigenvalue weighted by Crippen LogP contribution is 2.12. The molecule has 0 radical (unpaired) electrons. The van der Waals surface area contributed by atoms with Gasteiger partial charge in [-0.15, -0.1) is 0 Å². The summed E-state index contributed by atoms with van der Waals surface area (Å²) in [5, 5.41) is 0.780. The molecule has 0 unspecified atom stereocenters. The molecule has 0 aliphatic rings. The Morgan fingerprint density at radius 3 is 2.60 bits per heavy atom. The summed E-state index contributed by atoms with van der Waals surface area (Å²) in [4.78, 5) is 4.38. The maximum atomic E-state index is 5.36. The molecule has 0 bridgehead atoms. The van der Waals surface area contributed by atoms with Gasteiger partial charge in [-0.2, -0.15) is 0 Å². The van der Waals surface area contributed by atoms with Gasteiger partial charge in [-0.3, -0.25) is 4.99 Å². The number of nitrogens with zero attached hydrogens (tertiary/aromatic N) is 1. The van der Waals surface area contributed by atoms with Gasteiger partial charge in [-0.05, 0) is 12.5 Å². The van der Waals surface area contributed by atoms with Crippen LogP contribution in [-0.4, -0.2) is 30.8 Å². The zero-order valence-electron chi connectivity index (χ0n) is 9.11. The Balaban J connectivity index is 2.53. The zero-order chi connectivity index (χ0) is 11.1. The number of hydrogen-bond acceptors (Lipinski definition) is 2. The Hall–Kier alpha value is -0.670. The van der Waals surface area contributed by atoms with Gasteiger partial charge < -0.3 is 4.74 Å². The average molecular weight is 270 g/mol. The number of methoxy groups -OCH3 is 1. The molecule has 0 aliphatic carbocycles. The van der Waals surface area contributed by atoms with Gasteiger partial charge >= 0.3 is 0 Å². The molecule has 1 atom stereocenters. The molecule has 3 heteroatoms. The summed E-state index contributed by atoms with van der Waals surface area (Å²) >= 11 is 3.42. The van der Waals surface area contributed by atoms with Crippen molar-refractivity contribution in [3.8, 4) is 0 Å². The van der Waals surface area contributed by atoms with Crippen LogP contribution >= 0.6 is 15.9 Å². The lowest BCUT2D eigenvalue weighted by Gasteiger charge is -2.22. The van der Waals surface area contributed by atoms with Crippen molar-refractivity contribution in [1.82, 2.24) is 0 Å². The van der Waals surface area contributed by atoms with Crippen LogP contribution in [0.25, 0.3) is 0 Å². The van der Waals surface area contributed by atoms with Crippen molar-refractivity contribution in [3.63, 3.8) is 0 Å². The first-order valence-electron chi connectivity index (χ1n) is 4.86. The number of aliphatic imine (C=N–C) groups is 1. The molecule has 0 aromatic heterocycles. The average Bonchev–Trinajstić information content (AvgIpc) is 2.30. The number of alkyl halides is 1. The highest BCUT2D eigenvalue weighted by molar-refractivity contribution is 9.09. The molecule has 0 fully saturated rings. The molecule has 1 rings (SSSR count). The standard InChI is InChI=1S/C12H16BrNO/c1-12(9-13,15-2)10-14-8-11-6-4-3-5-7-11/h3-8H,9-10H2,1-2H3/t12-/m0/s1. The largest absolute Gasteiger partial charge is 0.376 e. The first-order valence-corrected chi connectivity index (χ1v) is 5.98. The van der Waals surface area contributed by atoms with Crippen LogP contribution in [0.1, 0.15) is 12.5 Å². The van der Waals surface area contributed by atoms with Crippen LogP contribution in [0.3, 0.4) is 0 Å². The zero-order valence-corrected chi connectivity index (χ0v) is 10.7. The molecule has 2 nitrogen and oxygen atoms in total. The van der Waals surface area contributed by atoms with Gasteiger partial charge in [0.15, 0.2) is 0 Å². The SMILES string of the molecule is CO[C@@](C)(CBr)CN=Cc1ccccc1. The Morgan fingerprint density at radius 1 is 1.40 bits per heavy atom. The maximum Gasteiger partial charge on any atom is 0.0941 e. The maximum absolute atomic E-state index is 5.36. The molecule has 0 saturated carbocycles. The van der Waals surface area contributed by atoms with Gasteiger partial charge in [-0.25, -0.2) is 0 Å². The number of hydrogen-bond donors (Lipinski definition) is 0. The summed E-state index contributed by atoms with van der Waals surface area (Å²) in [6, 6.07) is 10.1. The third kappa shape index (κ3) is 4.14. The van der Waals surface area contributed by atoms with Gasteiger partial charge in [0.05, 0.1) is 12.1 Å². The summed E-state index contributed by atoms with van der Waals surface area (Å²) in [7, 11) is 1.71. The van der Waals surface area contributed by atoms with Gasteiger partial charge in [0.25, 0.3) is 0 Å². The Kier molecular flexibility index (Phi) is 4.99. The number of ether oxygens (including phenoxy) is 1. The van der Waals surface area contributed by atoms with Gasteiger partial charge in [0, 0.05) is 18.7 Å². The Labute approximate surface area is 99.5 Å². The second-order valence-corrected chi connectivity index (χ2v) is 4.23. The summed E-state index contributed by atoms with van der Waals surface area (Å²) in [5.74, 6) is 0. The van der Waals surface area contributed by atoms with Crippen LogP contribution in [0.2, 0.25) is 0 Å². The summed E-state index contributed by atoms with van der Waals surface area (Å²) in [5.41, 5.74) is 0.899. The smallest absolute Gasteiger partial charge is 0.0941 e. The third-order valence-corrected chi connectivity index (χ3v) is 3.43. The minimum Gasteiger partial charge on any atom is -0.376 e. The lowest BCUT2D eigenvalue weighted by atomic mass is 10.1. The van der Waals surface area contributed by atoms with Crippen LogP contribution in [0.4, 0.5) is 0 Å². The van der Waals surface area contributed by atoms with Crippen molar-refractivity contribution in [2.24, 2.45) is 4.99 Å². The van der Waals surface area contributed by atoms with Gasteiger partial charge in [-0.1, -0.05) is 46.3 Å². The highest BCUT2D eigenvalue weighted by Gasteiger charge is 2.20. The monoisotopic (exact) mass is 269 g/mol. The summed E-state index contributed by atoms with van der Waals surface area (Å²) in [6.45, 7) is 2.69. The van der Waals surface area contributed by atoms with Crippen molar-refractivity contribution < 1.29 is 4.74 Å². The van der Waals surface area contributed by atoms with Gasteiger partial charge in [0.1, 0.15) is 0 Å². The number of benzene rings is 1. The van der Waals surface area contributed by atoms with E-state index in [4.69, 9.17) is 4.74 Å². The van der Waals surface area contributed by atoms with E-state index >= 15 is 0 Å². The van der Waals surface area contributed by atoms with Crippen LogP contribution in [0.15, 0.2) is 35.3 Å². The molecule has 15 heavy (non-hydrogen) atoms. The van der Waals surface area contributed by atoms with E-state index in [1.54, 1.807) is 7.11 Å². The highest BCUT2D eigenvalue weighted by atomic mass is 79.9. The van der Waals surface area contributed by atoms with Crippen molar-refractivity contribution >= 4 is 22.1 Å². The second-order valence-electron chi connectivity index (χ2n) is 3.67. The molecule has 0 saturated heterocycles. The molecule has 0 aliphatic heterocycles. The fourth-order valence-corrected chi connectivity index (χ4v) is 1.45. The first kappa shape index (κ1) is 12.4. The molecular formula is C12H16BrNO. The van der Waals surface area contributed by atoms with Crippen molar-refractivity contribution in [2.45, 2.75) is 12.5 Å². The molecular weight excluding hydrogens is 254 g/mol. The lowest BCUT2D eigenvalue weighted by Crippen LogP contribution is -2.32. The molecule has 0 N–H and O–H groups in total. The van der Waals surface area contributed by atoms with Crippen molar-refractivity contribution in [2.75, 3.05) is 19.0 Å². The minimum absolute atomic E-state index is 0.217. The molecule has 0 amide bonds. The summed E-state index contributed by atoms with van der Waals surface area (Å²) < 4.78 is 5.36. The van der Waals surface area contributed by atoms with Crippen molar-refractivity contribution in [1.29, 1.82) is 0 Å². The fourth-order valence-electron chi connectivity index (χ4n) is 1.04. The van der Waals surface area contributed by atoms with E-state index in [1.807, 2.05) is 43.5 Å². The van der Waals surface area contributed by atoms with Crippen LogP contribution in [0, 0.1) is 0 Å². The first-order chi connectivity index (χ1) is 7.20. The molecule has 1 aromatic rings. The van der Waals surface area contributed by atoms with E-state index in [9.17, 15) is 0 Å². The predicted octanol–water partition coefficient (Wildman–Crippen LogP) is 2.91. The van der Waals surface area contributed by atoms with E-state index < -0.39 is 0 Å². The van der Waals surface area contributed by atoms with E-state index in [-0.39, 0.29) is 5.60 Å². The van der Waals surface area contributed by atoms with Crippen LogP contribution in [0.5, 0.6) is 0 Å². The summed E-state index contributed by atoms with van der Waals surface area (Å²) in [6.07, 6.45) is 1.87.